The lowest BCUT2D eigenvalue weighted by molar-refractivity contribution is -0.138. The van der Waals surface area contributed by atoms with Gasteiger partial charge in [0.15, 0.2) is 11.6 Å². The monoisotopic (exact) mass is 476 g/mol. The van der Waals surface area contributed by atoms with Crippen molar-refractivity contribution in [1.82, 2.24) is 9.88 Å². The summed E-state index contributed by atoms with van der Waals surface area (Å²) in [4.78, 5) is 31.3. The predicted octanol–water partition coefficient (Wildman–Crippen LogP) is 4.60. The average Bonchev–Trinajstić information content (AvgIpc) is 3.39. The van der Waals surface area contributed by atoms with Gasteiger partial charge in [-0.2, -0.15) is 0 Å². The van der Waals surface area contributed by atoms with Gasteiger partial charge in [-0.25, -0.2) is 4.39 Å². The molecule has 0 bridgehead atoms. The van der Waals surface area contributed by atoms with Gasteiger partial charge in [0, 0.05) is 19.2 Å². The van der Waals surface area contributed by atoms with Crippen molar-refractivity contribution in [3.63, 3.8) is 0 Å². The fourth-order valence-corrected chi connectivity index (χ4v) is 5.90. The van der Waals surface area contributed by atoms with E-state index in [9.17, 15) is 19.1 Å². The molecule has 1 aliphatic carbocycles. The number of nitrogens with zero attached hydrogens (tertiary/aromatic N) is 2. The molecule has 2 aromatic rings. The summed E-state index contributed by atoms with van der Waals surface area (Å²) in [5.41, 5.74) is 4.79. The van der Waals surface area contributed by atoms with Crippen molar-refractivity contribution >= 4 is 23.5 Å². The van der Waals surface area contributed by atoms with E-state index >= 15 is 0 Å². The quantitative estimate of drug-likeness (QED) is 0.487. The van der Waals surface area contributed by atoms with Gasteiger partial charge in [-0.3, -0.25) is 19.5 Å². The summed E-state index contributed by atoms with van der Waals surface area (Å²) < 4.78 is 20.2. The molecule has 3 heterocycles. The minimum Gasteiger partial charge on any atom is -0.505 e. The number of hydrogen-bond acceptors (Lipinski definition) is 5. The number of hydrogen-bond donors (Lipinski definition) is 1. The topological polar surface area (TPSA) is 79.7 Å². The normalized spacial score (nSPS) is 26.4. The van der Waals surface area contributed by atoms with Crippen LogP contribution in [0.25, 0.3) is 11.6 Å². The number of carbonyl (C=O) groups is 2. The number of likely N-dealkylation sites (tertiary alicyclic amines) is 1. The van der Waals surface area contributed by atoms with Gasteiger partial charge in [-0.15, -0.1) is 0 Å². The Morgan fingerprint density at radius 2 is 2.06 bits per heavy atom. The Kier molecular flexibility index (Phi) is 6.28. The summed E-state index contributed by atoms with van der Waals surface area (Å²) in [5, 5.41) is 9.54. The van der Waals surface area contributed by atoms with Crippen LogP contribution < -0.4 is 0 Å². The largest absolute Gasteiger partial charge is 0.505 e. The average molecular weight is 477 g/mol. The van der Waals surface area contributed by atoms with Crippen molar-refractivity contribution in [2.45, 2.75) is 38.7 Å². The Labute approximate surface area is 204 Å². The molecule has 1 N–H and O–H groups in total. The fourth-order valence-electron chi connectivity index (χ4n) is 5.90. The zero-order chi connectivity index (χ0) is 24.7. The molecule has 0 spiro atoms. The van der Waals surface area contributed by atoms with E-state index in [1.807, 2.05) is 24.3 Å². The molecule has 2 saturated heterocycles. The van der Waals surface area contributed by atoms with Crippen LogP contribution in [0.15, 0.2) is 53.7 Å². The SMILES string of the molecule is CCC1=C2[C@@H](CC/C(=C/c3ccc(O)c(F)c3)c3ccccn3)OC[C@@H]2[C@@H]2C(=O)N(C)C(=O)[C@@H]2C1. The summed E-state index contributed by atoms with van der Waals surface area (Å²) in [5.74, 6) is -1.87. The van der Waals surface area contributed by atoms with E-state index < -0.39 is 5.82 Å². The van der Waals surface area contributed by atoms with Crippen LogP contribution in [-0.4, -0.2) is 46.6 Å². The zero-order valence-electron chi connectivity index (χ0n) is 19.9. The summed E-state index contributed by atoms with van der Waals surface area (Å²) in [6, 6.07) is 9.99. The van der Waals surface area contributed by atoms with Crippen LogP contribution in [0.3, 0.4) is 0 Å². The van der Waals surface area contributed by atoms with E-state index in [0.29, 0.717) is 31.4 Å². The number of benzene rings is 1. The highest BCUT2D eigenvalue weighted by Crippen LogP contribution is 2.50. The molecule has 0 saturated carbocycles. The summed E-state index contributed by atoms with van der Waals surface area (Å²) >= 11 is 0. The van der Waals surface area contributed by atoms with Gasteiger partial charge < -0.3 is 9.84 Å². The molecule has 1 aromatic carbocycles. The second-order valence-corrected chi connectivity index (χ2v) is 9.55. The first-order valence-electron chi connectivity index (χ1n) is 12.1. The van der Waals surface area contributed by atoms with Gasteiger partial charge in [0.1, 0.15) is 0 Å². The van der Waals surface area contributed by atoms with Crippen molar-refractivity contribution in [2.75, 3.05) is 13.7 Å². The summed E-state index contributed by atoms with van der Waals surface area (Å²) in [6.07, 6.45) is 6.26. The van der Waals surface area contributed by atoms with Gasteiger partial charge in [0.05, 0.1) is 30.2 Å². The third-order valence-electron chi connectivity index (χ3n) is 7.64. The summed E-state index contributed by atoms with van der Waals surface area (Å²) in [7, 11) is 1.58. The minimum absolute atomic E-state index is 0.0522. The molecule has 2 aliphatic heterocycles. The lowest BCUT2D eigenvalue weighted by Gasteiger charge is -2.31. The van der Waals surface area contributed by atoms with Gasteiger partial charge in [0.25, 0.3) is 0 Å². The number of halogens is 1. The lowest BCUT2D eigenvalue weighted by atomic mass is 9.69. The number of fused-ring (bicyclic) bond motifs is 3. The molecule has 2 amide bonds. The number of phenolic OH excluding ortho intramolecular Hbond substituents is 1. The van der Waals surface area contributed by atoms with Crippen molar-refractivity contribution in [3.8, 4) is 5.75 Å². The van der Waals surface area contributed by atoms with E-state index in [1.54, 1.807) is 19.3 Å². The molecule has 1 aromatic heterocycles. The van der Waals surface area contributed by atoms with Crippen LogP contribution in [0.2, 0.25) is 0 Å². The molecule has 3 aliphatic rings. The number of aromatic hydroxyl groups is 1. The molecule has 2 fully saturated rings. The highest BCUT2D eigenvalue weighted by molar-refractivity contribution is 6.05. The highest BCUT2D eigenvalue weighted by Gasteiger charge is 2.55. The van der Waals surface area contributed by atoms with Gasteiger partial charge >= 0.3 is 0 Å². The standard InChI is InChI=1S/C28H29FN2O4/c1-3-17-14-19-26(28(34)31(2)27(19)33)20-15-35-24(25(17)20)10-8-18(22-6-4-5-11-30-22)12-16-7-9-23(32)21(29)13-16/h4-7,9,11-13,19-20,24,26,32H,3,8,10,14-15H2,1-2H3/b18-12-/t19-,20+,24-,26-/m1/s1. The Balaban J connectivity index is 1.42. The van der Waals surface area contributed by atoms with Crippen molar-refractivity contribution in [1.29, 1.82) is 0 Å². The maximum absolute atomic E-state index is 13.9. The molecular weight excluding hydrogens is 447 g/mol. The number of ether oxygens (including phenoxy) is 1. The number of rotatable bonds is 6. The van der Waals surface area contributed by atoms with Crippen molar-refractivity contribution in [2.24, 2.45) is 17.8 Å². The lowest BCUT2D eigenvalue weighted by Crippen LogP contribution is -2.33. The minimum atomic E-state index is -0.670. The molecule has 0 unspecified atom stereocenters. The molecule has 35 heavy (non-hydrogen) atoms. The van der Waals surface area contributed by atoms with Crippen LogP contribution in [0.4, 0.5) is 4.39 Å². The van der Waals surface area contributed by atoms with E-state index in [-0.39, 0.29) is 41.4 Å². The number of pyridine rings is 1. The molecule has 182 valence electrons. The maximum atomic E-state index is 13.9. The van der Waals surface area contributed by atoms with Crippen molar-refractivity contribution in [3.05, 3.63) is 70.8 Å². The Morgan fingerprint density at radius 3 is 2.77 bits per heavy atom. The first-order valence-corrected chi connectivity index (χ1v) is 12.1. The first-order chi connectivity index (χ1) is 16.9. The number of imide groups is 1. The van der Waals surface area contributed by atoms with Gasteiger partial charge in [-0.1, -0.05) is 24.6 Å². The fraction of sp³-hybridized carbons (Fsp3) is 0.393. The Hall–Kier alpha value is -3.32. The van der Waals surface area contributed by atoms with E-state index in [0.717, 1.165) is 17.7 Å². The zero-order valence-corrected chi connectivity index (χ0v) is 19.9. The van der Waals surface area contributed by atoms with E-state index in [4.69, 9.17) is 4.74 Å². The van der Waals surface area contributed by atoms with Crippen LogP contribution in [0.1, 0.15) is 43.9 Å². The Morgan fingerprint density at radius 1 is 1.23 bits per heavy atom. The Bertz CT molecular complexity index is 1220. The second kappa shape index (κ2) is 9.38. The number of aromatic nitrogens is 1. The summed E-state index contributed by atoms with van der Waals surface area (Å²) in [6.45, 7) is 2.54. The number of allylic oxidation sites excluding steroid dienone is 2. The van der Waals surface area contributed by atoms with Gasteiger partial charge in [0.2, 0.25) is 11.8 Å². The number of carbonyl (C=O) groups excluding carboxylic acids is 2. The molecule has 5 rings (SSSR count). The van der Waals surface area contributed by atoms with E-state index in [1.165, 1.54) is 28.2 Å². The third kappa shape index (κ3) is 4.18. The predicted molar refractivity (Wildman–Crippen MR) is 129 cm³/mol. The molecular formula is C28H29FN2O4. The maximum Gasteiger partial charge on any atom is 0.233 e. The number of amides is 2. The van der Waals surface area contributed by atoms with Crippen LogP contribution >= 0.6 is 0 Å². The van der Waals surface area contributed by atoms with E-state index in [2.05, 4.69) is 11.9 Å². The van der Waals surface area contributed by atoms with Crippen LogP contribution in [0, 0.1) is 23.6 Å². The highest BCUT2D eigenvalue weighted by atomic mass is 19.1. The molecule has 6 nitrogen and oxygen atoms in total. The molecule has 0 radical (unpaired) electrons. The van der Waals surface area contributed by atoms with Crippen LogP contribution in [-0.2, 0) is 14.3 Å². The van der Waals surface area contributed by atoms with Gasteiger partial charge in [-0.05, 0) is 72.7 Å². The molecule has 4 atom stereocenters. The third-order valence-corrected chi connectivity index (χ3v) is 7.64. The number of phenols is 1. The van der Waals surface area contributed by atoms with Crippen LogP contribution in [0.5, 0.6) is 5.75 Å². The second-order valence-electron chi connectivity index (χ2n) is 9.55. The first kappa shape index (κ1) is 23.4. The molecule has 7 heteroatoms. The van der Waals surface area contributed by atoms with Crippen molar-refractivity contribution < 1.29 is 23.8 Å². The smallest absolute Gasteiger partial charge is 0.233 e.